The third-order valence-corrected chi connectivity index (χ3v) is 4.94. The lowest BCUT2D eigenvalue weighted by Crippen LogP contribution is -1.92. The van der Waals surface area contributed by atoms with Crippen molar-refractivity contribution in [1.82, 2.24) is 15.2 Å². The molecule has 0 amide bonds. The first-order valence-corrected chi connectivity index (χ1v) is 7.51. The number of fused-ring (bicyclic) bond motifs is 3. The maximum Gasteiger partial charge on any atom is 0.101 e. The van der Waals surface area contributed by atoms with E-state index in [4.69, 9.17) is 5.73 Å². The fraction of sp³-hybridized carbons (Fsp3) is 0.125. The van der Waals surface area contributed by atoms with Crippen LogP contribution < -0.4 is 5.73 Å². The van der Waals surface area contributed by atoms with Crippen molar-refractivity contribution in [2.75, 3.05) is 5.73 Å². The minimum atomic E-state index is 0.749. The Morgan fingerprint density at radius 1 is 1.24 bits per heavy atom. The van der Waals surface area contributed by atoms with Gasteiger partial charge in [-0.25, -0.2) is 4.98 Å². The number of aryl methyl sites for hydroxylation is 2. The number of aromatic amines is 1. The van der Waals surface area contributed by atoms with Crippen LogP contribution in [0, 0.1) is 13.8 Å². The topological polar surface area (TPSA) is 67.6 Å². The Labute approximate surface area is 126 Å². The molecule has 0 fully saturated rings. The number of nitrogens with two attached hydrogens (primary N) is 1. The second-order valence-corrected chi connectivity index (χ2v) is 6.42. The smallest absolute Gasteiger partial charge is 0.101 e. The lowest BCUT2D eigenvalue weighted by Gasteiger charge is -2.05. The normalized spacial score (nSPS) is 12.6. The summed E-state index contributed by atoms with van der Waals surface area (Å²) >= 11 is 1.67. The molecule has 4 nitrogen and oxygen atoms in total. The third-order valence-electron chi connectivity index (χ3n) is 3.85. The Bertz CT molecular complexity index is 901. The average molecular weight is 294 g/mol. The number of nitrogen functional groups attached to an aromatic ring is 1. The maximum atomic E-state index is 6.12. The van der Waals surface area contributed by atoms with Crippen molar-refractivity contribution in [1.29, 1.82) is 0 Å². The summed E-state index contributed by atoms with van der Waals surface area (Å²) in [6.45, 7) is 8.27. The highest BCUT2D eigenvalue weighted by Gasteiger charge is 2.31. The summed E-state index contributed by atoms with van der Waals surface area (Å²) in [4.78, 5) is 5.62. The van der Waals surface area contributed by atoms with Crippen LogP contribution in [-0.4, -0.2) is 15.2 Å². The van der Waals surface area contributed by atoms with Gasteiger partial charge in [-0.1, -0.05) is 18.7 Å². The van der Waals surface area contributed by atoms with Gasteiger partial charge in [0.2, 0.25) is 0 Å². The van der Waals surface area contributed by atoms with Crippen LogP contribution in [0.2, 0.25) is 0 Å². The molecule has 4 rings (SSSR count). The highest BCUT2D eigenvalue weighted by Crippen LogP contribution is 2.49. The van der Waals surface area contributed by atoms with E-state index in [0.29, 0.717) is 0 Å². The minimum absolute atomic E-state index is 0.749. The molecule has 5 heteroatoms. The van der Waals surface area contributed by atoms with E-state index in [-0.39, 0.29) is 0 Å². The van der Waals surface area contributed by atoms with Gasteiger partial charge in [0.15, 0.2) is 0 Å². The highest BCUT2D eigenvalue weighted by atomic mass is 32.1. The van der Waals surface area contributed by atoms with Crippen molar-refractivity contribution in [3.8, 4) is 21.8 Å². The first-order chi connectivity index (χ1) is 10.1. The zero-order chi connectivity index (χ0) is 14.7. The first-order valence-electron chi connectivity index (χ1n) is 6.69. The van der Waals surface area contributed by atoms with E-state index in [9.17, 15) is 0 Å². The van der Waals surface area contributed by atoms with E-state index in [1.54, 1.807) is 11.3 Å². The van der Waals surface area contributed by atoms with Gasteiger partial charge in [-0.05, 0) is 25.5 Å². The van der Waals surface area contributed by atoms with Crippen LogP contribution >= 0.6 is 11.3 Å². The molecule has 0 saturated carbocycles. The van der Waals surface area contributed by atoms with Crippen molar-refractivity contribution in [3.05, 3.63) is 46.6 Å². The number of hydrogen-bond donors (Lipinski definition) is 2. The summed E-state index contributed by atoms with van der Waals surface area (Å²) in [7, 11) is 0. The molecular weight excluding hydrogens is 280 g/mol. The second-order valence-electron chi connectivity index (χ2n) is 5.22. The van der Waals surface area contributed by atoms with Gasteiger partial charge in [0.25, 0.3) is 0 Å². The van der Waals surface area contributed by atoms with Crippen LogP contribution in [-0.2, 0) is 0 Å². The van der Waals surface area contributed by atoms with E-state index in [0.717, 1.165) is 54.9 Å². The van der Waals surface area contributed by atoms with Crippen LogP contribution in [0.15, 0.2) is 24.8 Å². The lowest BCUT2D eigenvalue weighted by molar-refractivity contribution is 1.10. The standard InChI is InChI=1S/C16H14N4S/c1-7-12-10(5-4-6-11(12)17)14-13(7)15(20-19-14)16-8(2)18-9(3)21-16/h4-6H,1,17H2,2-3H3,(H,19,20). The van der Waals surface area contributed by atoms with Gasteiger partial charge in [0.1, 0.15) is 5.69 Å². The Hall–Kier alpha value is -2.40. The van der Waals surface area contributed by atoms with Crippen molar-refractivity contribution < 1.29 is 0 Å². The molecule has 3 N–H and O–H groups in total. The molecule has 0 saturated heterocycles. The largest absolute Gasteiger partial charge is 0.398 e. The van der Waals surface area contributed by atoms with E-state index in [1.807, 2.05) is 32.0 Å². The fourth-order valence-corrected chi connectivity index (χ4v) is 3.91. The molecule has 0 aliphatic heterocycles. The molecule has 0 unspecified atom stereocenters. The molecule has 104 valence electrons. The van der Waals surface area contributed by atoms with Crippen molar-refractivity contribution in [3.63, 3.8) is 0 Å². The van der Waals surface area contributed by atoms with E-state index >= 15 is 0 Å². The number of thiazole rings is 1. The van der Waals surface area contributed by atoms with Crippen LogP contribution in [0.4, 0.5) is 5.69 Å². The Balaban J connectivity index is 1.99. The zero-order valence-corrected chi connectivity index (χ0v) is 12.6. The summed E-state index contributed by atoms with van der Waals surface area (Å²) in [6, 6.07) is 5.90. The summed E-state index contributed by atoms with van der Waals surface area (Å²) in [5, 5.41) is 8.70. The number of anilines is 1. The van der Waals surface area contributed by atoms with Crippen LogP contribution in [0.1, 0.15) is 21.8 Å². The highest BCUT2D eigenvalue weighted by molar-refractivity contribution is 7.15. The Kier molecular flexibility index (Phi) is 2.38. The van der Waals surface area contributed by atoms with Crippen LogP contribution in [0.3, 0.4) is 0 Å². The number of benzene rings is 1. The molecule has 0 radical (unpaired) electrons. The van der Waals surface area contributed by atoms with Crippen molar-refractivity contribution in [2.45, 2.75) is 13.8 Å². The molecule has 2 aromatic heterocycles. The molecule has 1 aliphatic carbocycles. The van der Waals surface area contributed by atoms with Gasteiger partial charge in [0, 0.05) is 22.4 Å². The van der Waals surface area contributed by atoms with Gasteiger partial charge in [-0.3, -0.25) is 5.10 Å². The molecule has 0 atom stereocenters. The average Bonchev–Trinajstić information content (AvgIpc) is 3.07. The number of H-pyrrole nitrogens is 1. The Morgan fingerprint density at radius 3 is 2.76 bits per heavy atom. The predicted octanol–water partition coefficient (Wildman–Crippen LogP) is 3.77. The second kappa shape index (κ2) is 4.05. The zero-order valence-electron chi connectivity index (χ0n) is 11.8. The summed E-state index contributed by atoms with van der Waals surface area (Å²) < 4.78 is 0. The quantitative estimate of drug-likeness (QED) is 0.525. The van der Waals surface area contributed by atoms with Crippen molar-refractivity contribution >= 4 is 22.6 Å². The van der Waals surface area contributed by atoms with Crippen molar-refractivity contribution in [2.24, 2.45) is 0 Å². The van der Waals surface area contributed by atoms with Gasteiger partial charge in [0.05, 0.1) is 21.3 Å². The summed E-state index contributed by atoms with van der Waals surface area (Å²) in [6.07, 6.45) is 0. The Morgan fingerprint density at radius 2 is 2.05 bits per heavy atom. The fourth-order valence-electron chi connectivity index (χ4n) is 2.99. The van der Waals surface area contributed by atoms with Crippen LogP contribution in [0.25, 0.3) is 27.4 Å². The number of nitrogens with one attached hydrogen (secondary N) is 1. The lowest BCUT2D eigenvalue weighted by atomic mass is 10.0. The molecule has 0 spiro atoms. The molecular formula is C16H14N4S. The van der Waals surface area contributed by atoms with Gasteiger partial charge >= 0.3 is 0 Å². The number of rotatable bonds is 1. The third kappa shape index (κ3) is 1.55. The minimum Gasteiger partial charge on any atom is -0.398 e. The molecule has 1 aliphatic rings. The predicted molar refractivity (Wildman–Crippen MR) is 87.2 cm³/mol. The summed E-state index contributed by atoms with van der Waals surface area (Å²) in [5.74, 6) is 0. The maximum absolute atomic E-state index is 6.12. The first kappa shape index (κ1) is 12.3. The molecule has 2 heterocycles. The molecule has 0 bridgehead atoms. The van der Waals surface area contributed by atoms with E-state index in [2.05, 4.69) is 21.8 Å². The van der Waals surface area contributed by atoms with E-state index in [1.165, 1.54) is 0 Å². The number of hydrogen-bond acceptors (Lipinski definition) is 4. The summed E-state index contributed by atoms with van der Waals surface area (Å²) in [5.41, 5.74) is 13.8. The molecule has 21 heavy (non-hydrogen) atoms. The SMILES string of the molecule is C=C1c2c(N)cccc2-c2n[nH]c(-c3sc(C)nc3C)c21. The number of aromatic nitrogens is 3. The monoisotopic (exact) mass is 294 g/mol. The molecule has 3 aromatic rings. The van der Waals surface area contributed by atoms with Gasteiger partial charge < -0.3 is 5.73 Å². The van der Waals surface area contributed by atoms with Gasteiger partial charge in [-0.15, -0.1) is 11.3 Å². The number of nitrogens with zero attached hydrogens (tertiary/aromatic N) is 2. The molecule has 1 aromatic carbocycles. The van der Waals surface area contributed by atoms with Crippen LogP contribution in [0.5, 0.6) is 0 Å². The van der Waals surface area contributed by atoms with Gasteiger partial charge in [-0.2, -0.15) is 5.10 Å². The van der Waals surface area contributed by atoms with E-state index < -0.39 is 0 Å².